The Balaban J connectivity index is 0.00000341. The van der Waals surface area contributed by atoms with E-state index in [1.807, 2.05) is 31.2 Å². The number of nitrogens with zero attached hydrogens (tertiary/aromatic N) is 1. The molecule has 0 saturated heterocycles. The Morgan fingerprint density at radius 1 is 1.13 bits per heavy atom. The maximum atomic E-state index is 11.5. The standard InChI is InChI=1S/C23H30N4O3.HI/c1-3-25-22(28)16-30-20-6-4-5-18(14-20)15-27-23(24-2)26-11-9-17-7-8-21-19(13-17)10-12-29-21;/h4-8,13-14H,3,9-12,15-16H2,1-2H3,(H,25,28)(H2,24,26,27);1H. The zero-order valence-corrected chi connectivity index (χ0v) is 20.4. The third-order valence-electron chi connectivity index (χ3n) is 4.79. The van der Waals surface area contributed by atoms with Gasteiger partial charge in [0.15, 0.2) is 12.6 Å². The van der Waals surface area contributed by atoms with E-state index in [9.17, 15) is 4.79 Å². The van der Waals surface area contributed by atoms with Crippen LogP contribution in [0.15, 0.2) is 47.5 Å². The Hall–Kier alpha value is -2.49. The molecule has 168 valence electrons. The molecule has 2 aromatic carbocycles. The second kappa shape index (κ2) is 13.0. The number of likely N-dealkylation sites (N-methyl/N-ethyl adjacent to an activating group) is 1. The lowest BCUT2D eigenvalue weighted by molar-refractivity contribution is -0.122. The lowest BCUT2D eigenvalue weighted by Gasteiger charge is -2.13. The van der Waals surface area contributed by atoms with Crippen LogP contribution in [0.4, 0.5) is 0 Å². The first-order chi connectivity index (χ1) is 14.7. The number of nitrogens with one attached hydrogen (secondary N) is 3. The van der Waals surface area contributed by atoms with E-state index in [2.05, 4.69) is 39.1 Å². The molecule has 1 heterocycles. The van der Waals surface area contributed by atoms with Crippen LogP contribution >= 0.6 is 24.0 Å². The molecular weight excluding hydrogens is 507 g/mol. The average molecular weight is 538 g/mol. The minimum atomic E-state index is -0.124. The number of benzene rings is 2. The molecule has 2 aromatic rings. The summed E-state index contributed by atoms with van der Waals surface area (Å²) in [7, 11) is 1.76. The minimum Gasteiger partial charge on any atom is -0.493 e. The van der Waals surface area contributed by atoms with Crippen molar-refractivity contribution in [1.82, 2.24) is 16.0 Å². The molecule has 0 aromatic heterocycles. The summed E-state index contributed by atoms with van der Waals surface area (Å²) in [6.07, 6.45) is 1.91. The van der Waals surface area contributed by atoms with Gasteiger partial charge in [0.05, 0.1) is 6.61 Å². The number of aliphatic imine (C=N–C) groups is 1. The highest BCUT2D eigenvalue weighted by Gasteiger charge is 2.11. The highest BCUT2D eigenvalue weighted by atomic mass is 127. The van der Waals surface area contributed by atoms with Gasteiger partial charge < -0.3 is 25.4 Å². The molecule has 0 unspecified atom stereocenters. The second-order valence-electron chi connectivity index (χ2n) is 7.03. The van der Waals surface area contributed by atoms with Crippen LogP contribution < -0.4 is 25.4 Å². The Morgan fingerprint density at radius 2 is 2.00 bits per heavy atom. The average Bonchev–Trinajstić information content (AvgIpc) is 3.23. The van der Waals surface area contributed by atoms with Crippen LogP contribution in [-0.2, 0) is 24.2 Å². The van der Waals surface area contributed by atoms with Gasteiger partial charge in [0.1, 0.15) is 11.5 Å². The summed E-state index contributed by atoms with van der Waals surface area (Å²) in [5, 5.41) is 9.37. The third-order valence-corrected chi connectivity index (χ3v) is 4.79. The van der Waals surface area contributed by atoms with E-state index < -0.39 is 0 Å². The zero-order valence-electron chi connectivity index (χ0n) is 18.1. The van der Waals surface area contributed by atoms with E-state index in [4.69, 9.17) is 9.47 Å². The molecule has 31 heavy (non-hydrogen) atoms. The molecule has 0 atom stereocenters. The SMILES string of the molecule is CCNC(=O)COc1cccc(CNC(=NC)NCCc2ccc3c(c2)CCO3)c1.I. The number of carbonyl (C=O) groups excluding carboxylic acids is 1. The quantitative estimate of drug-likeness (QED) is 0.260. The molecule has 8 heteroatoms. The maximum absolute atomic E-state index is 11.5. The summed E-state index contributed by atoms with van der Waals surface area (Å²) in [6, 6.07) is 14.1. The van der Waals surface area contributed by atoms with Crippen molar-refractivity contribution >= 4 is 35.8 Å². The first kappa shape index (κ1) is 24.8. The summed E-state index contributed by atoms with van der Waals surface area (Å²) in [6.45, 7) is 4.67. The van der Waals surface area contributed by atoms with Crippen LogP contribution in [0.3, 0.4) is 0 Å². The molecule has 1 aliphatic heterocycles. The fourth-order valence-corrected chi connectivity index (χ4v) is 3.27. The van der Waals surface area contributed by atoms with Crippen molar-refractivity contribution in [2.45, 2.75) is 26.3 Å². The maximum Gasteiger partial charge on any atom is 0.257 e. The number of amides is 1. The molecule has 0 radical (unpaired) electrons. The Kier molecular flexibility index (Phi) is 10.4. The lowest BCUT2D eigenvalue weighted by atomic mass is 10.1. The predicted octanol–water partition coefficient (Wildman–Crippen LogP) is 2.66. The van der Waals surface area contributed by atoms with Crippen molar-refractivity contribution in [3.05, 3.63) is 59.2 Å². The largest absolute Gasteiger partial charge is 0.493 e. The molecule has 0 aliphatic carbocycles. The van der Waals surface area contributed by atoms with E-state index in [0.29, 0.717) is 18.8 Å². The van der Waals surface area contributed by atoms with Gasteiger partial charge in [0.25, 0.3) is 5.91 Å². The number of hydrogen-bond donors (Lipinski definition) is 3. The highest BCUT2D eigenvalue weighted by Crippen LogP contribution is 2.25. The topological polar surface area (TPSA) is 84.0 Å². The number of halogens is 1. The molecule has 3 N–H and O–H groups in total. The molecule has 0 spiro atoms. The molecule has 1 amide bonds. The number of rotatable bonds is 9. The van der Waals surface area contributed by atoms with Crippen LogP contribution in [0, 0.1) is 0 Å². The predicted molar refractivity (Wildman–Crippen MR) is 134 cm³/mol. The van der Waals surface area contributed by atoms with Gasteiger partial charge in [-0.3, -0.25) is 9.79 Å². The number of ether oxygens (including phenoxy) is 2. The summed E-state index contributed by atoms with van der Waals surface area (Å²) in [4.78, 5) is 15.8. The summed E-state index contributed by atoms with van der Waals surface area (Å²) in [5.41, 5.74) is 3.63. The van der Waals surface area contributed by atoms with Crippen LogP contribution in [0.5, 0.6) is 11.5 Å². The second-order valence-corrected chi connectivity index (χ2v) is 7.03. The van der Waals surface area contributed by atoms with E-state index in [0.717, 1.165) is 43.3 Å². The first-order valence-electron chi connectivity index (χ1n) is 10.4. The van der Waals surface area contributed by atoms with Crippen molar-refractivity contribution in [3.8, 4) is 11.5 Å². The highest BCUT2D eigenvalue weighted by molar-refractivity contribution is 14.0. The summed E-state index contributed by atoms with van der Waals surface area (Å²) < 4.78 is 11.1. The number of hydrogen-bond acceptors (Lipinski definition) is 4. The van der Waals surface area contributed by atoms with E-state index in [1.54, 1.807) is 7.05 Å². The third kappa shape index (κ3) is 7.93. The van der Waals surface area contributed by atoms with Crippen molar-refractivity contribution in [2.75, 3.05) is 33.4 Å². The van der Waals surface area contributed by atoms with E-state index in [-0.39, 0.29) is 36.5 Å². The van der Waals surface area contributed by atoms with Gasteiger partial charge in [-0.15, -0.1) is 24.0 Å². The number of fused-ring (bicyclic) bond motifs is 1. The first-order valence-corrected chi connectivity index (χ1v) is 10.4. The molecule has 1 aliphatic rings. The Labute approximate surface area is 201 Å². The van der Waals surface area contributed by atoms with Crippen molar-refractivity contribution < 1.29 is 14.3 Å². The Bertz CT molecular complexity index is 889. The van der Waals surface area contributed by atoms with Gasteiger partial charge in [-0.05, 0) is 48.2 Å². The van der Waals surface area contributed by atoms with Gasteiger partial charge in [-0.1, -0.05) is 24.3 Å². The lowest BCUT2D eigenvalue weighted by Crippen LogP contribution is -2.37. The number of guanidine groups is 1. The van der Waals surface area contributed by atoms with Gasteiger partial charge in [-0.25, -0.2) is 0 Å². The van der Waals surface area contributed by atoms with Gasteiger partial charge in [0, 0.05) is 33.1 Å². The minimum absolute atomic E-state index is 0. The fraction of sp³-hybridized carbons (Fsp3) is 0.391. The van der Waals surface area contributed by atoms with Crippen molar-refractivity contribution in [1.29, 1.82) is 0 Å². The van der Waals surface area contributed by atoms with Gasteiger partial charge in [0.2, 0.25) is 0 Å². The molecule has 0 bridgehead atoms. The van der Waals surface area contributed by atoms with Gasteiger partial charge >= 0.3 is 0 Å². The normalized spacial score (nSPS) is 12.3. The van der Waals surface area contributed by atoms with E-state index in [1.165, 1.54) is 11.1 Å². The van der Waals surface area contributed by atoms with Crippen molar-refractivity contribution in [2.24, 2.45) is 4.99 Å². The van der Waals surface area contributed by atoms with Crippen LogP contribution in [0.25, 0.3) is 0 Å². The Morgan fingerprint density at radius 3 is 2.81 bits per heavy atom. The van der Waals surface area contributed by atoms with Crippen LogP contribution in [0.2, 0.25) is 0 Å². The van der Waals surface area contributed by atoms with Gasteiger partial charge in [-0.2, -0.15) is 0 Å². The number of carbonyl (C=O) groups is 1. The smallest absolute Gasteiger partial charge is 0.257 e. The zero-order chi connectivity index (χ0) is 21.2. The van der Waals surface area contributed by atoms with Crippen molar-refractivity contribution in [3.63, 3.8) is 0 Å². The molecule has 0 saturated carbocycles. The monoisotopic (exact) mass is 538 g/mol. The van der Waals surface area contributed by atoms with E-state index >= 15 is 0 Å². The molecular formula is C23H31IN4O3. The summed E-state index contributed by atoms with van der Waals surface area (Å²) >= 11 is 0. The molecule has 0 fully saturated rings. The van der Waals surface area contributed by atoms with Crippen LogP contribution in [-0.4, -0.2) is 45.2 Å². The summed E-state index contributed by atoms with van der Waals surface area (Å²) in [5.74, 6) is 2.31. The van der Waals surface area contributed by atoms with Crippen LogP contribution in [0.1, 0.15) is 23.6 Å². The fourth-order valence-electron chi connectivity index (χ4n) is 3.27. The molecule has 3 rings (SSSR count). The molecule has 7 nitrogen and oxygen atoms in total.